The highest BCUT2D eigenvalue weighted by atomic mass is 32.2. The summed E-state index contributed by atoms with van der Waals surface area (Å²) in [6.45, 7) is 6.71. The second-order valence-electron chi connectivity index (χ2n) is 5.59. The molecule has 0 atom stereocenters. The molecule has 0 amide bonds. The van der Waals surface area contributed by atoms with Gasteiger partial charge in [-0.15, -0.1) is 0 Å². The minimum atomic E-state index is -0.178. The Kier molecular flexibility index (Phi) is 4.78. The fourth-order valence-electron chi connectivity index (χ4n) is 1.68. The summed E-state index contributed by atoms with van der Waals surface area (Å²) in [4.78, 5) is 5.18. The molecule has 4 heteroatoms. The standard InChI is InChI=1S/C16H19FN2S/c1-16(2,3)19-11-12-13(17)7-6-8-14(12)20-15-9-4-5-10-18-15/h4-10,19H,11H2,1-3H3. The first-order chi connectivity index (χ1) is 9.46. The second-order valence-corrected chi connectivity index (χ2v) is 6.65. The normalized spacial score (nSPS) is 11.6. The summed E-state index contributed by atoms with van der Waals surface area (Å²) in [7, 11) is 0. The van der Waals surface area contributed by atoms with Gasteiger partial charge in [0.2, 0.25) is 0 Å². The number of halogens is 1. The highest BCUT2D eigenvalue weighted by Crippen LogP contribution is 2.30. The Morgan fingerprint density at radius 1 is 1.15 bits per heavy atom. The van der Waals surface area contributed by atoms with E-state index in [4.69, 9.17) is 0 Å². The minimum absolute atomic E-state index is 0.0464. The summed E-state index contributed by atoms with van der Waals surface area (Å²) >= 11 is 1.49. The van der Waals surface area contributed by atoms with Crippen LogP contribution in [0, 0.1) is 5.82 Å². The average Bonchev–Trinajstić information content (AvgIpc) is 2.38. The monoisotopic (exact) mass is 290 g/mol. The van der Waals surface area contributed by atoms with Crippen molar-refractivity contribution in [2.24, 2.45) is 0 Å². The first-order valence-corrected chi connectivity index (χ1v) is 7.39. The maximum absolute atomic E-state index is 14.1. The Labute approximate surface area is 123 Å². The summed E-state index contributed by atoms with van der Waals surface area (Å²) < 4.78 is 14.1. The fourth-order valence-corrected chi connectivity index (χ4v) is 2.60. The Morgan fingerprint density at radius 2 is 1.95 bits per heavy atom. The molecular formula is C16H19FN2S. The molecule has 0 saturated heterocycles. The van der Waals surface area contributed by atoms with Crippen molar-refractivity contribution in [3.63, 3.8) is 0 Å². The van der Waals surface area contributed by atoms with Gasteiger partial charge in [0.25, 0.3) is 0 Å². The number of benzene rings is 1. The van der Waals surface area contributed by atoms with Crippen LogP contribution in [0.4, 0.5) is 4.39 Å². The van der Waals surface area contributed by atoms with E-state index in [-0.39, 0.29) is 11.4 Å². The highest BCUT2D eigenvalue weighted by molar-refractivity contribution is 7.99. The Hall–Kier alpha value is -1.39. The van der Waals surface area contributed by atoms with Gasteiger partial charge in [0.05, 0.1) is 0 Å². The van der Waals surface area contributed by atoms with Crippen molar-refractivity contribution >= 4 is 11.8 Å². The van der Waals surface area contributed by atoms with Crippen LogP contribution < -0.4 is 5.32 Å². The van der Waals surface area contributed by atoms with Crippen molar-refractivity contribution in [2.75, 3.05) is 0 Å². The smallest absolute Gasteiger partial charge is 0.128 e. The van der Waals surface area contributed by atoms with Gasteiger partial charge >= 0.3 is 0 Å². The fraction of sp³-hybridized carbons (Fsp3) is 0.312. The average molecular weight is 290 g/mol. The molecule has 0 aliphatic heterocycles. The molecule has 1 aromatic carbocycles. The Balaban J connectivity index is 2.22. The van der Waals surface area contributed by atoms with Crippen LogP contribution in [0.5, 0.6) is 0 Å². The lowest BCUT2D eigenvalue weighted by atomic mass is 10.1. The van der Waals surface area contributed by atoms with Crippen LogP contribution in [0.25, 0.3) is 0 Å². The molecule has 20 heavy (non-hydrogen) atoms. The van der Waals surface area contributed by atoms with Gasteiger partial charge in [-0.3, -0.25) is 0 Å². The van der Waals surface area contributed by atoms with Crippen molar-refractivity contribution in [1.82, 2.24) is 10.3 Å². The molecule has 0 radical (unpaired) electrons. The maximum atomic E-state index is 14.1. The Bertz CT molecular complexity index is 564. The number of nitrogens with one attached hydrogen (secondary N) is 1. The molecule has 1 N–H and O–H groups in total. The third-order valence-electron chi connectivity index (χ3n) is 2.72. The number of rotatable bonds is 4. The largest absolute Gasteiger partial charge is 0.308 e. The molecular weight excluding hydrogens is 271 g/mol. The summed E-state index contributed by atoms with van der Waals surface area (Å²) in [6.07, 6.45) is 1.74. The molecule has 1 aromatic heterocycles. The van der Waals surface area contributed by atoms with E-state index in [2.05, 4.69) is 31.1 Å². The van der Waals surface area contributed by atoms with Crippen molar-refractivity contribution in [2.45, 2.75) is 42.8 Å². The summed E-state index contributed by atoms with van der Waals surface area (Å²) in [6, 6.07) is 10.9. The molecule has 2 aromatic rings. The SMILES string of the molecule is CC(C)(C)NCc1c(F)cccc1Sc1ccccn1. The van der Waals surface area contributed by atoms with Crippen LogP contribution >= 0.6 is 11.8 Å². The zero-order chi connectivity index (χ0) is 14.6. The molecule has 0 bridgehead atoms. The van der Waals surface area contributed by atoms with Crippen LogP contribution in [0.3, 0.4) is 0 Å². The lowest BCUT2D eigenvalue weighted by Crippen LogP contribution is -2.35. The number of hydrogen-bond acceptors (Lipinski definition) is 3. The predicted molar refractivity (Wildman–Crippen MR) is 81.4 cm³/mol. The molecule has 0 spiro atoms. The van der Waals surface area contributed by atoms with Gasteiger partial charge in [-0.25, -0.2) is 9.37 Å². The molecule has 2 rings (SSSR count). The van der Waals surface area contributed by atoms with E-state index in [9.17, 15) is 4.39 Å². The lowest BCUT2D eigenvalue weighted by molar-refractivity contribution is 0.416. The highest BCUT2D eigenvalue weighted by Gasteiger charge is 2.14. The minimum Gasteiger partial charge on any atom is -0.308 e. The summed E-state index contributed by atoms with van der Waals surface area (Å²) in [5.74, 6) is -0.178. The van der Waals surface area contributed by atoms with Gasteiger partial charge in [-0.1, -0.05) is 23.9 Å². The first-order valence-electron chi connectivity index (χ1n) is 6.57. The lowest BCUT2D eigenvalue weighted by Gasteiger charge is -2.21. The van der Waals surface area contributed by atoms with E-state index in [0.29, 0.717) is 12.1 Å². The summed E-state index contributed by atoms with van der Waals surface area (Å²) in [5.41, 5.74) is 0.646. The van der Waals surface area contributed by atoms with Crippen LogP contribution in [0.15, 0.2) is 52.5 Å². The number of hydrogen-bond donors (Lipinski definition) is 1. The number of pyridine rings is 1. The molecule has 0 unspecified atom stereocenters. The quantitative estimate of drug-likeness (QED) is 0.910. The van der Waals surface area contributed by atoms with Gasteiger partial charge in [0.15, 0.2) is 0 Å². The Morgan fingerprint density at radius 3 is 2.60 bits per heavy atom. The van der Waals surface area contributed by atoms with Crippen LogP contribution in [-0.2, 0) is 6.54 Å². The van der Waals surface area contributed by atoms with Gasteiger partial charge in [0, 0.05) is 28.7 Å². The van der Waals surface area contributed by atoms with Gasteiger partial charge < -0.3 is 5.32 Å². The number of nitrogens with zero attached hydrogens (tertiary/aromatic N) is 1. The zero-order valence-corrected chi connectivity index (χ0v) is 12.8. The van der Waals surface area contributed by atoms with E-state index in [1.165, 1.54) is 17.8 Å². The third kappa shape index (κ3) is 4.32. The molecule has 0 fully saturated rings. The topological polar surface area (TPSA) is 24.9 Å². The van der Waals surface area contributed by atoms with E-state index in [1.54, 1.807) is 12.3 Å². The first kappa shape index (κ1) is 15.0. The van der Waals surface area contributed by atoms with Crippen molar-refractivity contribution in [1.29, 1.82) is 0 Å². The molecule has 0 aliphatic carbocycles. The van der Waals surface area contributed by atoms with Gasteiger partial charge in [0.1, 0.15) is 10.8 Å². The third-order valence-corrected chi connectivity index (χ3v) is 3.78. The van der Waals surface area contributed by atoms with E-state index < -0.39 is 0 Å². The van der Waals surface area contributed by atoms with Gasteiger partial charge in [-0.2, -0.15) is 0 Å². The van der Waals surface area contributed by atoms with Crippen molar-refractivity contribution in [3.8, 4) is 0 Å². The van der Waals surface area contributed by atoms with Crippen LogP contribution in [0.1, 0.15) is 26.3 Å². The predicted octanol–water partition coefficient (Wildman–Crippen LogP) is 4.26. The van der Waals surface area contributed by atoms with E-state index in [0.717, 1.165) is 9.92 Å². The van der Waals surface area contributed by atoms with Crippen LogP contribution in [0.2, 0.25) is 0 Å². The summed E-state index contributed by atoms with van der Waals surface area (Å²) in [5, 5.41) is 4.20. The van der Waals surface area contributed by atoms with Crippen LogP contribution in [-0.4, -0.2) is 10.5 Å². The van der Waals surface area contributed by atoms with Gasteiger partial charge in [-0.05, 0) is 45.0 Å². The van der Waals surface area contributed by atoms with E-state index in [1.807, 2.05) is 24.3 Å². The van der Waals surface area contributed by atoms with E-state index >= 15 is 0 Å². The molecule has 2 nitrogen and oxygen atoms in total. The molecule has 0 aliphatic rings. The second kappa shape index (κ2) is 6.37. The molecule has 106 valence electrons. The molecule has 0 saturated carbocycles. The molecule has 1 heterocycles. The maximum Gasteiger partial charge on any atom is 0.128 e. The number of aromatic nitrogens is 1. The zero-order valence-electron chi connectivity index (χ0n) is 12.0. The van der Waals surface area contributed by atoms with Crippen molar-refractivity contribution < 1.29 is 4.39 Å². The van der Waals surface area contributed by atoms with Crippen molar-refractivity contribution in [3.05, 3.63) is 54.0 Å².